The van der Waals surface area contributed by atoms with Crippen LogP contribution in [0, 0.1) is 0 Å². The van der Waals surface area contributed by atoms with Crippen LogP contribution in [0.5, 0.6) is 0 Å². The van der Waals surface area contributed by atoms with E-state index in [0.717, 1.165) is 77.0 Å². The van der Waals surface area contributed by atoms with Gasteiger partial charge in [0, 0.05) is 58.0 Å². The minimum absolute atomic E-state index is 0.0794. The first-order chi connectivity index (χ1) is 23.2. The van der Waals surface area contributed by atoms with E-state index in [-0.39, 0.29) is 53.1 Å². The Hall–Kier alpha value is -3.87. The van der Waals surface area contributed by atoms with Crippen molar-refractivity contribution in [2.75, 3.05) is 38.5 Å². The second kappa shape index (κ2) is 18.0. The van der Waals surface area contributed by atoms with Crippen molar-refractivity contribution in [2.45, 2.75) is 113 Å². The number of hydrogen-bond acceptors (Lipinski definition) is 9. The second-order valence-electron chi connectivity index (χ2n) is 13.1. The lowest BCUT2D eigenvalue weighted by molar-refractivity contribution is 0.0523. The Kier molecular flexibility index (Phi) is 13.9. The van der Waals surface area contributed by atoms with Gasteiger partial charge in [0.25, 0.3) is 16.7 Å². The van der Waals surface area contributed by atoms with E-state index in [4.69, 9.17) is 31.4 Å². The zero-order valence-corrected chi connectivity index (χ0v) is 28.7. The van der Waals surface area contributed by atoms with Crippen LogP contribution >= 0.6 is 0 Å². The van der Waals surface area contributed by atoms with E-state index in [2.05, 4.69) is 0 Å². The number of nitrogens with zero attached hydrogens (tertiary/aromatic N) is 3. The summed E-state index contributed by atoms with van der Waals surface area (Å²) in [5, 5.41) is 0. The molecule has 12 nitrogen and oxygen atoms in total. The molecule has 6 rings (SSSR count). The number of rotatable bonds is 6. The molecule has 1 unspecified atom stereocenters. The maximum Gasteiger partial charge on any atom is 0.273 e. The Morgan fingerprint density at radius 3 is 1.02 bits per heavy atom. The summed E-state index contributed by atoms with van der Waals surface area (Å²) < 4.78 is 21.4. The number of methoxy groups -OCH3 is 3. The third-order valence-corrected chi connectivity index (χ3v) is 9.99. The lowest BCUT2D eigenvalue weighted by Gasteiger charge is -2.29. The third kappa shape index (κ3) is 9.61. The summed E-state index contributed by atoms with van der Waals surface area (Å²) >= 11 is 0. The number of anilines is 3. The van der Waals surface area contributed by atoms with Crippen molar-refractivity contribution in [2.24, 2.45) is 0 Å². The number of pyridine rings is 3. The van der Waals surface area contributed by atoms with Crippen molar-refractivity contribution in [1.29, 1.82) is 0 Å². The van der Waals surface area contributed by atoms with Gasteiger partial charge in [0.15, 0.2) is 0 Å². The molecule has 3 saturated carbocycles. The smallest absolute Gasteiger partial charge is 0.273 e. The minimum Gasteiger partial charge on any atom is -0.394 e. The predicted octanol–water partition coefficient (Wildman–Crippen LogP) is 4.68. The molecule has 6 N–H and O–H groups in total. The zero-order valence-electron chi connectivity index (χ0n) is 28.7. The van der Waals surface area contributed by atoms with E-state index >= 15 is 0 Å². The van der Waals surface area contributed by atoms with E-state index in [1.54, 1.807) is 53.2 Å². The van der Waals surface area contributed by atoms with Crippen LogP contribution in [0.15, 0.2) is 69.4 Å². The molecule has 12 heteroatoms. The highest BCUT2D eigenvalue weighted by Gasteiger charge is 2.25. The van der Waals surface area contributed by atoms with Gasteiger partial charge in [-0.1, -0.05) is 0 Å². The molecular formula is C36H54N6O6. The highest BCUT2D eigenvalue weighted by Crippen LogP contribution is 2.31. The minimum atomic E-state index is -0.0794. The van der Waals surface area contributed by atoms with Crippen LogP contribution < -0.4 is 33.9 Å². The van der Waals surface area contributed by atoms with Gasteiger partial charge in [-0.15, -0.1) is 0 Å². The topological polar surface area (TPSA) is 172 Å². The largest absolute Gasteiger partial charge is 0.394 e. The van der Waals surface area contributed by atoms with E-state index < -0.39 is 0 Å². The molecule has 3 aliphatic rings. The summed E-state index contributed by atoms with van der Waals surface area (Å²) in [5.74, 6) is 0. The monoisotopic (exact) mass is 666 g/mol. The van der Waals surface area contributed by atoms with Crippen LogP contribution in [0.4, 0.5) is 17.1 Å². The molecule has 3 fully saturated rings. The first-order valence-corrected chi connectivity index (χ1v) is 17.1. The van der Waals surface area contributed by atoms with Crippen LogP contribution in [0.2, 0.25) is 0 Å². The Labute approximate surface area is 282 Å². The molecule has 0 radical (unpaired) electrons. The molecule has 0 saturated heterocycles. The molecule has 0 aromatic carbocycles. The highest BCUT2D eigenvalue weighted by atomic mass is 16.5. The zero-order chi connectivity index (χ0) is 34.6. The average molecular weight is 667 g/mol. The number of nitrogen functional groups attached to an aromatic ring is 3. The Morgan fingerprint density at radius 1 is 0.500 bits per heavy atom. The molecule has 0 amide bonds. The van der Waals surface area contributed by atoms with E-state index in [9.17, 15) is 14.4 Å². The molecule has 0 aliphatic heterocycles. The van der Waals surface area contributed by atoms with Crippen LogP contribution in [0.3, 0.4) is 0 Å². The van der Waals surface area contributed by atoms with Gasteiger partial charge >= 0.3 is 0 Å². The van der Waals surface area contributed by atoms with Crippen molar-refractivity contribution in [3.8, 4) is 0 Å². The fourth-order valence-corrected chi connectivity index (χ4v) is 7.21. The molecule has 3 aromatic rings. The van der Waals surface area contributed by atoms with E-state index in [0.29, 0.717) is 17.1 Å². The Morgan fingerprint density at radius 2 is 0.771 bits per heavy atom. The SMILES string of the molecule is CO[C@@H]1CCCC(n2cccc(N)c2=O)C1.CO[C@@H]1CCC[C@H](n2cccc(N)c2=O)C1.CO[C@H]1CCC[C@@H](n2cccc(N)c2=O)C1. The molecule has 48 heavy (non-hydrogen) atoms. The van der Waals surface area contributed by atoms with Gasteiger partial charge in [-0.2, -0.15) is 0 Å². The fraction of sp³-hybridized carbons (Fsp3) is 0.583. The van der Waals surface area contributed by atoms with Crippen LogP contribution in [-0.2, 0) is 14.2 Å². The number of aromatic nitrogens is 3. The van der Waals surface area contributed by atoms with Crippen molar-refractivity contribution in [3.63, 3.8) is 0 Å². The van der Waals surface area contributed by atoms with Crippen LogP contribution in [-0.4, -0.2) is 53.3 Å². The lowest BCUT2D eigenvalue weighted by Crippen LogP contribution is -2.31. The normalized spacial score (nSPS) is 25.6. The number of ether oxygens (including phenoxy) is 3. The van der Waals surface area contributed by atoms with Gasteiger partial charge < -0.3 is 45.1 Å². The van der Waals surface area contributed by atoms with Gasteiger partial charge in [0.05, 0.1) is 35.4 Å². The molecule has 3 aliphatic carbocycles. The summed E-state index contributed by atoms with van der Waals surface area (Å²) in [6.07, 6.45) is 18.6. The van der Waals surface area contributed by atoms with Gasteiger partial charge in [-0.05, 0) is 113 Å². The van der Waals surface area contributed by atoms with Crippen LogP contribution in [0.1, 0.15) is 95.2 Å². The average Bonchev–Trinajstić information content (AvgIpc) is 3.12. The van der Waals surface area contributed by atoms with E-state index in [1.807, 2.05) is 36.8 Å². The number of hydrogen-bond donors (Lipinski definition) is 3. The lowest BCUT2D eigenvalue weighted by atomic mass is 9.92. The number of nitrogens with two attached hydrogens (primary N) is 3. The fourth-order valence-electron chi connectivity index (χ4n) is 7.21. The quantitative estimate of drug-likeness (QED) is 0.338. The van der Waals surface area contributed by atoms with Gasteiger partial charge in [0.1, 0.15) is 0 Å². The highest BCUT2D eigenvalue weighted by molar-refractivity contribution is 5.35. The van der Waals surface area contributed by atoms with Gasteiger partial charge in [-0.3, -0.25) is 14.4 Å². The first-order valence-electron chi connectivity index (χ1n) is 17.1. The van der Waals surface area contributed by atoms with Crippen molar-refractivity contribution < 1.29 is 14.2 Å². The summed E-state index contributed by atoms with van der Waals surface area (Å²) in [5.41, 5.74) is 17.6. The van der Waals surface area contributed by atoms with Crippen molar-refractivity contribution in [1.82, 2.24) is 13.7 Å². The molecule has 6 atom stereocenters. The Balaban J connectivity index is 0.000000163. The summed E-state index contributed by atoms with van der Waals surface area (Å²) in [4.78, 5) is 35.6. The van der Waals surface area contributed by atoms with E-state index in [1.165, 1.54) is 0 Å². The standard InChI is InChI=1S/3C12H18N2O2/c3*1-16-10-5-2-4-9(8-10)14-7-3-6-11(13)12(14)15/h3*3,6-7,9-10H,2,4-5,8,13H2,1H3/t9?,10-;2*9-,10+/m110/s1. The summed E-state index contributed by atoms with van der Waals surface area (Å²) in [6.45, 7) is 0. The molecule has 3 heterocycles. The summed E-state index contributed by atoms with van der Waals surface area (Å²) in [6, 6.07) is 11.1. The van der Waals surface area contributed by atoms with Gasteiger partial charge in [-0.25, -0.2) is 0 Å². The first kappa shape index (κ1) is 37.0. The molecule has 3 aromatic heterocycles. The van der Waals surface area contributed by atoms with Crippen LogP contribution in [0.25, 0.3) is 0 Å². The second-order valence-corrected chi connectivity index (χ2v) is 13.1. The van der Waals surface area contributed by atoms with Gasteiger partial charge in [0.2, 0.25) is 0 Å². The molecular weight excluding hydrogens is 612 g/mol. The molecule has 0 spiro atoms. The summed E-state index contributed by atoms with van der Waals surface area (Å²) in [7, 11) is 5.19. The van der Waals surface area contributed by atoms with Crippen molar-refractivity contribution in [3.05, 3.63) is 86.1 Å². The molecule has 0 bridgehead atoms. The third-order valence-electron chi connectivity index (χ3n) is 9.99. The Bertz CT molecular complexity index is 1430. The maximum absolute atomic E-state index is 11.9. The predicted molar refractivity (Wildman–Crippen MR) is 190 cm³/mol. The molecule has 264 valence electrons. The van der Waals surface area contributed by atoms with Crippen molar-refractivity contribution >= 4 is 17.1 Å². The maximum atomic E-state index is 11.9.